The van der Waals surface area contributed by atoms with E-state index in [1.54, 1.807) is 0 Å². The predicted octanol–water partition coefficient (Wildman–Crippen LogP) is 2.70. The number of nitrogens with one attached hydrogen (secondary N) is 1. The van der Waals surface area contributed by atoms with Crippen LogP contribution in [0.3, 0.4) is 0 Å². The molecule has 0 atom stereocenters. The third-order valence-corrected chi connectivity index (χ3v) is 3.82. The molecular weight excluding hydrogens is 322 g/mol. The summed E-state index contributed by atoms with van der Waals surface area (Å²) >= 11 is 0. The van der Waals surface area contributed by atoms with E-state index in [-0.39, 0.29) is 12.6 Å². The molecule has 0 saturated heterocycles. The maximum atomic E-state index is 12.2. The molecule has 126 valence electrons. The van der Waals surface area contributed by atoms with Crippen molar-refractivity contribution in [2.45, 2.75) is 13.5 Å². The van der Waals surface area contributed by atoms with E-state index in [9.17, 15) is 4.79 Å². The number of nitrogens with zero attached hydrogens (tertiary/aromatic N) is 2. The molecular formula is C18H15N3O4. The van der Waals surface area contributed by atoms with Crippen molar-refractivity contribution < 1.29 is 18.8 Å². The number of hydrogen-bond acceptors (Lipinski definition) is 6. The van der Waals surface area contributed by atoms with Gasteiger partial charge in [0, 0.05) is 12.1 Å². The third-order valence-electron chi connectivity index (χ3n) is 3.82. The summed E-state index contributed by atoms with van der Waals surface area (Å²) in [5.74, 6) is 1.29. The standard InChI is InChI=1S/C18H15N3O4/c1-11-2-5-13(6-3-11)18-20-16(21-25-18)17(22)19-9-12-4-7-14-15(8-12)24-10-23-14/h2-8H,9-10H2,1H3,(H,19,22). The van der Waals surface area contributed by atoms with Crippen LogP contribution in [0.25, 0.3) is 11.5 Å². The third kappa shape index (κ3) is 3.16. The summed E-state index contributed by atoms with van der Waals surface area (Å²) in [4.78, 5) is 16.3. The van der Waals surface area contributed by atoms with E-state index >= 15 is 0 Å². The van der Waals surface area contributed by atoms with Crippen LogP contribution in [-0.4, -0.2) is 22.8 Å². The Kier molecular flexibility index (Phi) is 3.81. The lowest BCUT2D eigenvalue weighted by molar-refractivity contribution is 0.0937. The van der Waals surface area contributed by atoms with Crippen molar-refractivity contribution in [3.05, 3.63) is 59.4 Å². The minimum Gasteiger partial charge on any atom is -0.454 e. The Hall–Kier alpha value is -3.35. The molecule has 0 spiro atoms. The molecule has 2 aromatic carbocycles. The lowest BCUT2D eigenvalue weighted by atomic mass is 10.1. The van der Waals surface area contributed by atoms with Gasteiger partial charge >= 0.3 is 0 Å². The van der Waals surface area contributed by atoms with Crippen LogP contribution in [-0.2, 0) is 6.54 Å². The zero-order valence-electron chi connectivity index (χ0n) is 13.5. The molecule has 4 rings (SSSR count). The first kappa shape index (κ1) is 15.2. The van der Waals surface area contributed by atoms with Gasteiger partial charge in [0.15, 0.2) is 11.5 Å². The van der Waals surface area contributed by atoms with Crippen molar-refractivity contribution in [2.75, 3.05) is 6.79 Å². The van der Waals surface area contributed by atoms with Gasteiger partial charge in [0.05, 0.1) is 0 Å². The molecule has 1 amide bonds. The molecule has 0 radical (unpaired) electrons. The molecule has 3 aromatic rings. The monoisotopic (exact) mass is 337 g/mol. The van der Waals surface area contributed by atoms with Crippen LogP contribution < -0.4 is 14.8 Å². The van der Waals surface area contributed by atoms with Gasteiger partial charge in [0.2, 0.25) is 6.79 Å². The fourth-order valence-electron chi connectivity index (χ4n) is 2.44. The SMILES string of the molecule is Cc1ccc(-c2nc(C(=O)NCc3ccc4c(c3)OCO4)no2)cc1. The van der Waals surface area contributed by atoms with E-state index in [4.69, 9.17) is 14.0 Å². The number of carbonyl (C=O) groups excluding carboxylic acids is 1. The van der Waals surface area contributed by atoms with Crippen molar-refractivity contribution in [1.29, 1.82) is 0 Å². The molecule has 25 heavy (non-hydrogen) atoms. The highest BCUT2D eigenvalue weighted by atomic mass is 16.7. The Morgan fingerprint density at radius 2 is 1.92 bits per heavy atom. The van der Waals surface area contributed by atoms with Gasteiger partial charge in [-0.2, -0.15) is 4.98 Å². The minimum absolute atomic E-state index is 0.00341. The number of fused-ring (bicyclic) bond motifs is 1. The maximum absolute atomic E-state index is 12.2. The van der Waals surface area contributed by atoms with Crippen LogP contribution in [0.2, 0.25) is 0 Å². The van der Waals surface area contributed by atoms with Crippen LogP contribution in [0.1, 0.15) is 21.7 Å². The molecule has 7 heteroatoms. The van der Waals surface area contributed by atoms with Gasteiger partial charge < -0.3 is 19.3 Å². The van der Waals surface area contributed by atoms with Crippen LogP contribution in [0.5, 0.6) is 11.5 Å². The Balaban J connectivity index is 1.42. The second-order valence-electron chi connectivity index (χ2n) is 5.66. The summed E-state index contributed by atoms with van der Waals surface area (Å²) in [6.45, 7) is 2.53. The average molecular weight is 337 g/mol. The Morgan fingerprint density at radius 1 is 1.12 bits per heavy atom. The minimum atomic E-state index is -0.403. The summed E-state index contributed by atoms with van der Waals surface area (Å²) in [5.41, 5.74) is 2.79. The number of aryl methyl sites for hydroxylation is 1. The molecule has 0 fully saturated rings. The Labute approximate surface area is 143 Å². The lowest BCUT2D eigenvalue weighted by Gasteiger charge is -2.04. The number of aromatic nitrogens is 2. The molecule has 0 aliphatic carbocycles. The molecule has 0 unspecified atom stereocenters. The number of ether oxygens (including phenoxy) is 2. The summed E-state index contributed by atoms with van der Waals surface area (Å²) in [6.07, 6.45) is 0. The van der Waals surface area contributed by atoms with E-state index in [1.807, 2.05) is 49.4 Å². The largest absolute Gasteiger partial charge is 0.454 e. The lowest BCUT2D eigenvalue weighted by Crippen LogP contribution is -2.23. The number of benzene rings is 2. The molecule has 1 aliphatic heterocycles. The number of rotatable bonds is 4. The smallest absolute Gasteiger partial charge is 0.292 e. The summed E-state index contributed by atoms with van der Waals surface area (Å²) < 4.78 is 15.7. The molecule has 7 nitrogen and oxygen atoms in total. The first-order chi connectivity index (χ1) is 12.2. The Bertz CT molecular complexity index is 918. The van der Waals surface area contributed by atoms with Crippen molar-refractivity contribution in [3.8, 4) is 23.0 Å². The van der Waals surface area contributed by atoms with Gasteiger partial charge in [0.1, 0.15) is 0 Å². The summed E-state index contributed by atoms with van der Waals surface area (Å²) in [7, 11) is 0. The quantitative estimate of drug-likeness (QED) is 0.788. The second-order valence-corrected chi connectivity index (χ2v) is 5.66. The molecule has 0 saturated carbocycles. The molecule has 1 N–H and O–H groups in total. The topological polar surface area (TPSA) is 86.5 Å². The van der Waals surface area contributed by atoms with Gasteiger partial charge in [0.25, 0.3) is 17.6 Å². The molecule has 0 bridgehead atoms. The summed E-state index contributed by atoms with van der Waals surface area (Å²) in [6, 6.07) is 13.1. The predicted molar refractivity (Wildman–Crippen MR) is 88.2 cm³/mol. The first-order valence-corrected chi connectivity index (χ1v) is 7.76. The molecule has 1 aliphatic rings. The van der Waals surface area contributed by atoms with Crippen molar-refractivity contribution in [1.82, 2.24) is 15.5 Å². The second kappa shape index (κ2) is 6.27. The number of carbonyl (C=O) groups is 1. The van der Waals surface area contributed by atoms with Gasteiger partial charge in [-0.1, -0.05) is 28.9 Å². The van der Waals surface area contributed by atoms with Gasteiger partial charge in [-0.05, 0) is 36.8 Å². The van der Waals surface area contributed by atoms with Crippen molar-refractivity contribution in [3.63, 3.8) is 0 Å². The van der Waals surface area contributed by atoms with Gasteiger partial charge in [-0.15, -0.1) is 0 Å². The first-order valence-electron chi connectivity index (χ1n) is 7.76. The maximum Gasteiger partial charge on any atom is 0.292 e. The van der Waals surface area contributed by atoms with Gasteiger partial charge in [-0.3, -0.25) is 4.79 Å². The highest BCUT2D eigenvalue weighted by molar-refractivity contribution is 5.90. The molecule has 2 heterocycles. The van der Waals surface area contributed by atoms with E-state index in [2.05, 4.69) is 15.5 Å². The van der Waals surface area contributed by atoms with E-state index < -0.39 is 5.91 Å². The Morgan fingerprint density at radius 3 is 2.76 bits per heavy atom. The highest BCUT2D eigenvalue weighted by Crippen LogP contribution is 2.32. The number of amides is 1. The normalized spacial score (nSPS) is 12.2. The zero-order chi connectivity index (χ0) is 17.2. The summed E-state index contributed by atoms with van der Waals surface area (Å²) in [5, 5.41) is 6.50. The van der Waals surface area contributed by atoms with E-state index in [0.717, 1.165) is 16.7 Å². The van der Waals surface area contributed by atoms with Crippen molar-refractivity contribution in [2.24, 2.45) is 0 Å². The average Bonchev–Trinajstić information content (AvgIpc) is 3.29. The molecule has 1 aromatic heterocycles. The van der Waals surface area contributed by atoms with Crippen LogP contribution in [0, 0.1) is 6.92 Å². The van der Waals surface area contributed by atoms with Crippen LogP contribution in [0.15, 0.2) is 47.0 Å². The van der Waals surface area contributed by atoms with Crippen LogP contribution >= 0.6 is 0 Å². The highest BCUT2D eigenvalue weighted by Gasteiger charge is 2.17. The van der Waals surface area contributed by atoms with E-state index in [1.165, 1.54) is 0 Å². The van der Waals surface area contributed by atoms with E-state index in [0.29, 0.717) is 23.9 Å². The van der Waals surface area contributed by atoms with Crippen LogP contribution in [0.4, 0.5) is 0 Å². The fraction of sp³-hybridized carbons (Fsp3) is 0.167. The number of hydrogen-bond donors (Lipinski definition) is 1. The zero-order valence-corrected chi connectivity index (χ0v) is 13.5. The van der Waals surface area contributed by atoms with Gasteiger partial charge in [-0.25, -0.2) is 0 Å². The van der Waals surface area contributed by atoms with Crippen molar-refractivity contribution >= 4 is 5.91 Å². The fourth-order valence-corrected chi connectivity index (χ4v) is 2.44.